The van der Waals surface area contributed by atoms with Crippen LogP contribution in [0.3, 0.4) is 0 Å². The molecule has 1 N–H and O–H groups in total. The zero-order chi connectivity index (χ0) is 21.5. The maximum Gasteiger partial charge on any atom is 0.252 e. The molecule has 0 bridgehead atoms. The molecular weight excluding hydrogens is 422 g/mol. The Morgan fingerprint density at radius 3 is 2.63 bits per heavy atom. The van der Waals surface area contributed by atoms with Gasteiger partial charge in [0.2, 0.25) is 10.0 Å². The predicted octanol–water partition coefficient (Wildman–Crippen LogP) is 2.89. The van der Waals surface area contributed by atoms with Gasteiger partial charge < -0.3 is 5.32 Å². The minimum Gasteiger partial charge on any atom is -0.349 e. The largest absolute Gasteiger partial charge is 0.349 e. The van der Waals surface area contributed by atoms with Gasteiger partial charge in [-0.05, 0) is 44.2 Å². The third-order valence-electron chi connectivity index (χ3n) is 5.33. The molecule has 1 aliphatic rings. The van der Waals surface area contributed by atoms with E-state index in [1.807, 2.05) is 42.1 Å². The van der Waals surface area contributed by atoms with Crippen molar-refractivity contribution in [2.45, 2.75) is 38.8 Å². The van der Waals surface area contributed by atoms with Crippen molar-refractivity contribution in [3.05, 3.63) is 35.3 Å². The number of aromatic nitrogens is 3. The van der Waals surface area contributed by atoms with Crippen molar-refractivity contribution in [3.8, 4) is 10.6 Å². The molecular formula is C20H25N5O3S2. The number of thiophene rings is 1. The Kier molecular flexibility index (Phi) is 5.65. The monoisotopic (exact) mass is 447 g/mol. The van der Waals surface area contributed by atoms with Crippen LogP contribution in [0.25, 0.3) is 21.6 Å². The quantitative estimate of drug-likeness (QED) is 0.649. The maximum absolute atomic E-state index is 13.2. The van der Waals surface area contributed by atoms with Crippen LogP contribution < -0.4 is 5.32 Å². The van der Waals surface area contributed by atoms with Gasteiger partial charge in [0.05, 0.1) is 34.0 Å². The number of nitrogens with zero attached hydrogens (tertiary/aromatic N) is 4. The second-order valence-electron chi connectivity index (χ2n) is 7.86. The van der Waals surface area contributed by atoms with Crippen LogP contribution in [-0.4, -0.2) is 58.8 Å². The fourth-order valence-corrected chi connectivity index (χ4v) is 5.29. The van der Waals surface area contributed by atoms with E-state index in [1.54, 1.807) is 17.5 Å². The van der Waals surface area contributed by atoms with Crippen LogP contribution in [0.1, 0.15) is 43.1 Å². The predicted molar refractivity (Wildman–Crippen MR) is 118 cm³/mol. The number of carbonyl (C=O) groups is 1. The molecule has 0 unspecified atom stereocenters. The Morgan fingerprint density at radius 1 is 1.30 bits per heavy atom. The third-order valence-corrected chi connectivity index (χ3v) is 7.53. The second-order valence-corrected chi connectivity index (χ2v) is 10.8. The summed E-state index contributed by atoms with van der Waals surface area (Å²) in [5, 5.41) is 10.2. The highest BCUT2D eigenvalue weighted by Gasteiger charge is 2.27. The molecule has 0 aromatic carbocycles. The van der Waals surface area contributed by atoms with Crippen molar-refractivity contribution >= 4 is 38.3 Å². The first-order valence-corrected chi connectivity index (χ1v) is 12.6. The minimum absolute atomic E-state index is 0.0657. The number of amides is 1. The van der Waals surface area contributed by atoms with Gasteiger partial charge in [-0.15, -0.1) is 11.3 Å². The van der Waals surface area contributed by atoms with Crippen LogP contribution in [0.2, 0.25) is 0 Å². The lowest BCUT2D eigenvalue weighted by molar-refractivity contribution is 0.0925. The van der Waals surface area contributed by atoms with Crippen LogP contribution in [0.5, 0.6) is 0 Å². The van der Waals surface area contributed by atoms with Gasteiger partial charge in [0.1, 0.15) is 0 Å². The summed E-state index contributed by atoms with van der Waals surface area (Å²) in [6.07, 6.45) is 4.10. The lowest BCUT2D eigenvalue weighted by atomic mass is 10.0. The minimum atomic E-state index is -3.19. The van der Waals surface area contributed by atoms with E-state index in [-0.39, 0.29) is 18.0 Å². The second kappa shape index (κ2) is 8.09. The lowest BCUT2D eigenvalue weighted by Crippen LogP contribution is -2.46. The molecule has 0 spiro atoms. The SMILES string of the molecule is CC(C)n1ncc2c(C(=O)NC3CCN(S(C)(=O)=O)CC3)cc(-c3cccs3)nc21. The van der Waals surface area contributed by atoms with Gasteiger partial charge in [-0.2, -0.15) is 5.10 Å². The molecule has 160 valence electrons. The number of nitrogens with one attached hydrogen (secondary N) is 1. The molecule has 3 aromatic rings. The van der Waals surface area contributed by atoms with Gasteiger partial charge in [0.15, 0.2) is 5.65 Å². The molecule has 3 aromatic heterocycles. The van der Waals surface area contributed by atoms with Crippen molar-refractivity contribution < 1.29 is 13.2 Å². The maximum atomic E-state index is 13.2. The van der Waals surface area contributed by atoms with Gasteiger partial charge in [-0.3, -0.25) is 4.79 Å². The molecule has 1 aliphatic heterocycles. The van der Waals surface area contributed by atoms with Crippen molar-refractivity contribution in [2.24, 2.45) is 0 Å². The van der Waals surface area contributed by atoms with E-state index in [9.17, 15) is 13.2 Å². The van der Waals surface area contributed by atoms with Gasteiger partial charge in [0.25, 0.3) is 5.91 Å². The molecule has 10 heteroatoms. The molecule has 1 fully saturated rings. The molecule has 0 saturated carbocycles. The highest BCUT2D eigenvalue weighted by Crippen LogP contribution is 2.29. The number of hydrogen-bond donors (Lipinski definition) is 1. The van der Waals surface area contributed by atoms with Gasteiger partial charge in [-0.1, -0.05) is 6.07 Å². The van der Waals surface area contributed by atoms with Crippen molar-refractivity contribution in [1.82, 2.24) is 24.4 Å². The summed E-state index contributed by atoms with van der Waals surface area (Å²) in [6, 6.07) is 5.81. The number of piperidine rings is 1. The Morgan fingerprint density at radius 2 is 2.03 bits per heavy atom. The zero-order valence-corrected chi connectivity index (χ0v) is 18.8. The Balaban J connectivity index is 1.64. The summed E-state index contributed by atoms with van der Waals surface area (Å²) in [4.78, 5) is 19.0. The normalized spacial score (nSPS) is 16.4. The summed E-state index contributed by atoms with van der Waals surface area (Å²) >= 11 is 1.57. The van der Waals surface area contributed by atoms with Crippen LogP contribution >= 0.6 is 11.3 Å². The Hall–Kier alpha value is -2.30. The number of pyridine rings is 1. The summed E-state index contributed by atoms with van der Waals surface area (Å²) in [7, 11) is -3.19. The summed E-state index contributed by atoms with van der Waals surface area (Å²) in [6.45, 7) is 4.89. The number of fused-ring (bicyclic) bond motifs is 1. The Labute approximate surface area is 180 Å². The van der Waals surface area contributed by atoms with E-state index in [4.69, 9.17) is 4.98 Å². The van der Waals surface area contributed by atoms with Crippen LogP contribution in [0.15, 0.2) is 29.8 Å². The number of hydrogen-bond acceptors (Lipinski definition) is 6. The third kappa shape index (κ3) is 4.12. The zero-order valence-electron chi connectivity index (χ0n) is 17.2. The van der Waals surface area contributed by atoms with E-state index in [2.05, 4.69) is 10.4 Å². The standard InChI is InChI=1S/C20H25N5O3S2/c1-13(2)25-19-16(12-21-25)15(11-17(23-19)18-5-4-10-29-18)20(26)22-14-6-8-24(9-7-14)30(3,27)28/h4-5,10-14H,6-9H2,1-3H3,(H,22,26). The van der Waals surface area contributed by atoms with Crippen molar-refractivity contribution in [1.29, 1.82) is 0 Å². The molecule has 1 amide bonds. The molecule has 0 atom stereocenters. The topological polar surface area (TPSA) is 97.2 Å². The average Bonchev–Trinajstić information content (AvgIpc) is 3.36. The molecule has 0 aliphatic carbocycles. The highest BCUT2D eigenvalue weighted by molar-refractivity contribution is 7.88. The molecule has 0 radical (unpaired) electrons. The van der Waals surface area contributed by atoms with E-state index >= 15 is 0 Å². The first-order valence-electron chi connectivity index (χ1n) is 9.92. The Bertz CT molecular complexity index is 1160. The van der Waals surface area contributed by atoms with E-state index in [0.29, 0.717) is 37.1 Å². The van der Waals surface area contributed by atoms with E-state index in [1.165, 1.54) is 10.6 Å². The van der Waals surface area contributed by atoms with Gasteiger partial charge in [-0.25, -0.2) is 22.4 Å². The number of carbonyl (C=O) groups excluding carboxylic acids is 1. The number of sulfonamides is 1. The smallest absolute Gasteiger partial charge is 0.252 e. The summed E-state index contributed by atoms with van der Waals surface area (Å²) in [5.41, 5.74) is 1.98. The summed E-state index contributed by atoms with van der Waals surface area (Å²) in [5.74, 6) is -0.179. The van der Waals surface area contributed by atoms with Crippen molar-refractivity contribution in [2.75, 3.05) is 19.3 Å². The highest BCUT2D eigenvalue weighted by atomic mass is 32.2. The molecule has 8 nitrogen and oxygen atoms in total. The molecule has 4 heterocycles. The fourth-order valence-electron chi connectivity index (χ4n) is 3.73. The van der Waals surface area contributed by atoms with Gasteiger partial charge >= 0.3 is 0 Å². The van der Waals surface area contributed by atoms with Crippen LogP contribution in [0, 0.1) is 0 Å². The fraction of sp³-hybridized carbons (Fsp3) is 0.450. The first-order chi connectivity index (χ1) is 14.2. The number of rotatable bonds is 5. The lowest BCUT2D eigenvalue weighted by Gasteiger charge is -2.30. The van der Waals surface area contributed by atoms with E-state index in [0.717, 1.165) is 16.0 Å². The van der Waals surface area contributed by atoms with E-state index < -0.39 is 10.0 Å². The average molecular weight is 448 g/mol. The molecule has 4 rings (SSSR count). The van der Waals surface area contributed by atoms with Crippen LogP contribution in [-0.2, 0) is 10.0 Å². The molecule has 30 heavy (non-hydrogen) atoms. The van der Waals surface area contributed by atoms with Gasteiger partial charge in [0, 0.05) is 25.2 Å². The van der Waals surface area contributed by atoms with Crippen molar-refractivity contribution in [3.63, 3.8) is 0 Å². The summed E-state index contributed by atoms with van der Waals surface area (Å²) < 4.78 is 26.7. The van der Waals surface area contributed by atoms with Crippen LogP contribution in [0.4, 0.5) is 0 Å². The first kappa shape index (κ1) is 21.0. The molecule has 1 saturated heterocycles.